The molecule has 1 heterocycles. The molecule has 1 aliphatic rings. The standard InChI is InChI=1S/C7H15NO5/c9-1-3-6(12)7(13)5(8-3)4(11)2-10/h3-13H,1-2H2/t3?,4?,5?,6-,7-/m1/s1. The molecular formula is C7H15NO5. The second-order valence-electron chi connectivity index (χ2n) is 3.21. The van der Waals surface area contributed by atoms with Crippen LogP contribution in [0.5, 0.6) is 0 Å². The largest absolute Gasteiger partial charge is 0.395 e. The third kappa shape index (κ3) is 1.98. The van der Waals surface area contributed by atoms with Crippen LogP contribution in [0.1, 0.15) is 0 Å². The molecule has 0 radical (unpaired) electrons. The molecule has 13 heavy (non-hydrogen) atoms. The molecule has 0 aromatic rings. The van der Waals surface area contributed by atoms with Gasteiger partial charge in [-0.05, 0) is 0 Å². The SMILES string of the molecule is OCC(O)C1NC(CO)[C@@H](O)[C@@H]1O. The quantitative estimate of drug-likeness (QED) is 0.276. The highest BCUT2D eigenvalue weighted by atomic mass is 16.3. The van der Waals surface area contributed by atoms with Crippen molar-refractivity contribution in [3.63, 3.8) is 0 Å². The van der Waals surface area contributed by atoms with Gasteiger partial charge in [0.25, 0.3) is 0 Å². The van der Waals surface area contributed by atoms with Crippen LogP contribution in [0.4, 0.5) is 0 Å². The Kier molecular flexibility index (Phi) is 3.60. The van der Waals surface area contributed by atoms with Crippen molar-refractivity contribution in [1.29, 1.82) is 0 Å². The molecule has 0 aromatic heterocycles. The van der Waals surface area contributed by atoms with Gasteiger partial charge < -0.3 is 30.8 Å². The van der Waals surface area contributed by atoms with Crippen LogP contribution in [0.25, 0.3) is 0 Å². The Hall–Kier alpha value is -0.240. The summed E-state index contributed by atoms with van der Waals surface area (Å²) >= 11 is 0. The van der Waals surface area contributed by atoms with Crippen molar-refractivity contribution in [1.82, 2.24) is 5.32 Å². The van der Waals surface area contributed by atoms with Gasteiger partial charge in [0.15, 0.2) is 0 Å². The molecule has 1 fully saturated rings. The summed E-state index contributed by atoms with van der Waals surface area (Å²) in [5.74, 6) is 0. The molecule has 1 saturated heterocycles. The van der Waals surface area contributed by atoms with Crippen molar-refractivity contribution in [2.75, 3.05) is 13.2 Å². The minimum Gasteiger partial charge on any atom is -0.395 e. The number of hydrogen-bond donors (Lipinski definition) is 6. The van der Waals surface area contributed by atoms with Crippen LogP contribution in [0.15, 0.2) is 0 Å². The molecule has 5 atom stereocenters. The van der Waals surface area contributed by atoms with Gasteiger partial charge in [-0.3, -0.25) is 0 Å². The van der Waals surface area contributed by atoms with E-state index in [2.05, 4.69) is 5.32 Å². The molecule has 0 bridgehead atoms. The maximum Gasteiger partial charge on any atom is 0.0994 e. The maximum atomic E-state index is 9.37. The van der Waals surface area contributed by atoms with E-state index in [-0.39, 0.29) is 6.61 Å². The van der Waals surface area contributed by atoms with Gasteiger partial charge in [-0.15, -0.1) is 0 Å². The zero-order valence-corrected chi connectivity index (χ0v) is 7.04. The fraction of sp³-hybridized carbons (Fsp3) is 1.00. The van der Waals surface area contributed by atoms with Crippen molar-refractivity contribution in [2.45, 2.75) is 30.4 Å². The number of rotatable bonds is 3. The normalized spacial score (nSPS) is 42.2. The van der Waals surface area contributed by atoms with E-state index in [4.69, 9.17) is 10.2 Å². The molecule has 0 aliphatic carbocycles. The summed E-state index contributed by atoms with van der Waals surface area (Å²) in [6, 6.07) is -1.45. The van der Waals surface area contributed by atoms with Crippen LogP contribution < -0.4 is 5.32 Å². The van der Waals surface area contributed by atoms with E-state index < -0.39 is 37.0 Å². The van der Waals surface area contributed by atoms with Crippen molar-refractivity contribution in [2.24, 2.45) is 0 Å². The van der Waals surface area contributed by atoms with Gasteiger partial charge in [0, 0.05) is 0 Å². The Morgan fingerprint density at radius 3 is 2.15 bits per heavy atom. The first-order valence-corrected chi connectivity index (χ1v) is 4.13. The van der Waals surface area contributed by atoms with Crippen molar-refractivity contribution >= 4 is 0 Å². The molecule has 0 spiro atoms. The molecule has 6 heteroatoms. The molecular weight excluding hydrogens is 178 g/mol. The third-order valence-corrected chi connectivity index (χ3v) is 2.33. The highest BCUT2D eigenvalue weighted by Crippen LogP contribution is 2.16. The Bertz CT molecular complexity index is 167. The van der Waals surface area contributed by atoms with E-state index in [1.807, 2.05) is 0 Å². The second-order valence-corrected chi connectivity index (χ2v) is 3.21. The summed E-state index contributed by atoms with van der Waals surface area (Å²) in [5.41, 5.74) is 0. The highest BCUT2D eigenvalue weighted by Gasteiger charge is 2.43. The predicted molar refractivity (Wildman–Crippen MR) is 42.9 cm³/mol. The monoisotopic (exact) mass is 193 g/mol. The molecule has 6 nitrogen and oxygen atoms in total. The van der Waals surface area contributed by atoms with E-state index in [1.165, 1.54) is 0 Å². The van der Waals surface area contributed by atoms with E-state index in [0.29, 0.717) is 0 Å². The lowest BCUT2D eigenvalue weighted by atomic mass is 10.0. The van der Waals surface area contributed by atoms with Crippen LogP contribution >= 0.6 is 0 Å². The molecule has 0 saturated carbocycles. The average Bonchev–Trinajstić information content (AvgIpc) is 2.43. The molecule has 78 valence electrons. The molecule has 3 unspecified atom stereocenters. The molecule has 0 aromatic carbocycles. The van der Waals surface area contributed by atoms with Gasteiger partial charge in [-0.2, -0.15) is 0 Å². The van der Waals surface area contributed by atoms with Gasteiger partial charge in [0.05, 0.1) is 43.6 Å². The third-order valence-electron chi connectivity index (χ3n) is 2.33. The first-order valence-electron chi connectivity index (χ1n) is 4.13. The number of nitrogens with one attached hydrogen (secondary N) is 1. The van der Waals surface area contributed by atoms with Crippen molar-refractivity contribution < 1.29 is 25.5 Å². The van der Waals surface area contributed by atoms with Gasteiger partial charge >= 0.3 is 0 Å². The molecule has 1 rings (SSSR count). The minimum absolute atomic E-state index is 0.327. The summed E-state index contributed by atoms with van der Waals surface area (Å²) < 4.78 is 0. The first kappa shape index (κ1) is 10.8. The van der Waals surface area contributed by atoms with Crippen LogP contribution in [-0.2, 0) is 0 Å². The lowest BCUT2D eigenvalue weighted by Crippen LogP contribution is -2.45. The zero-order chi connectivity index (χ0) is 10.0. The smallest absolute Gasteiger partial charge is 0.0994 e. The number of hydrogen-bond acceptors (Lipinski definition) is 6. The number of aliphatic hydroxyl groups is 5. The minimum atomic E-state index is -1.17. The molecule has 0 amide bonds. The van der Waals surface area contributed by atoms with Crippen LogP contribution in [0.3, 0.4) is 0 Å². The van der Waals surface area contributed by atoms with E-state index in [9.17, 15) is 15.3 Å². The summed E-state index contributed by atoms with van der Waals surface area (Å²) in [5, 5.41) is 47.9. The summed E-state index contributed by atoms with van der Waals surface area (Å²) in [6.07, 6.45) is -3.42. The summed E-state index contributed by atoms with van der Waals surface area (Å²) in [6.45, 7) is -0.827. The van der Waals surface area contributed by atoms with Crippen molar-refractivity contribution in [3.8, 4) is 0 Å². The van der Waals surface area contributed by atoms with E-state index in [1.54, 1.807) is 0 Å². The zero-order valence-electron chi connectivity index (χ0n) is 7.04. The Balaban J connectivity index is 2.60. The summed E-state index contributed by atoms with van der Waals surface area (Å²) in [7, 11) is 0. The lowest BCUT2D eigenvalue weighted by Gasteiger charge is -2.19. The van der Waals surface area contributed by atoms with Gasteiger partial charge in [-0.25, -0.2) is 0 Å². The second kappa shape index (κ2) is 4.32. The van der Waals surface area contributed by atoms with E-state index in [0.717, 1.165) is 0 Å². The van der Waals surface area contributed by atoms with Crippen molar-refractivity contribution in [3.05, 3.63) is 0 Å². The fourth-order valence-electron chi connectivity index (χ4n) is 1.51. The highest BCUT2D eigenvalue weighted by molar-refractivity contribution is 5.00. The van der Waals surface area contributed by atoms with Crippen LogP contribution in [0.2, 0.25) is 0 Å². The van der Waals surface area contributed by atoms with Gasteiger partial charge in [0.2, 0.25) is 0 Å². The molecule has 6 N–H and O–H groups in total. The summed E-state index contributed by atoms with van der Waals surface area (Å²) in [4.78, 5) is 0. The number of aliphatic hydroxyl groups excluding tert-OH is 5. The molecule has 1 aliphatic heterocycles. The fourth-order valence-corrected chi connectivity index (χ4v) is 1.51. The Morgan fingerprint density at radius 2 is 1.77 bits per heavy atom. The Labute approximate surface area is 75.4 Å². The first-order chi connectivity index (χ1) is 6.11. The Morgan fingerprint density at radius 1 is 1.15 bits per heavy atom. The van der Waals surface area contributed by atoms with Crippen LogP contribution in [0, 0.1) is 0 Å². The maximum absolute atomic E-state index is 9.37. The van der Waals surface area contributed by atoms with Crippen LogP contribution in [-0.4, -0.2) is 69.1 Å². The predicted octanol–water partition coefficient (Wildman–Crippen LogP) is -3.61. The van der Waals surface area contributed by atoms with Gasteiger partial charge in [0.1, 0.15) is 0 Å². The van der Waals surface area contributed by atoms with E-state index >= 15 is 0 Å². The average molecular weight is 193 g/mol. The van der Waals surface area contributed by atoms with Gasteiger partial charge in [-0.1, -0.05) is 0 Å². The topological polar surface area (TPSA) is 113 Å². The lowest BCUT2D eigenvalue weighted by molar-refractivity contribution is -0.0150.